The van der Waals surface area contributed by atoms with Crippen LogP contribution < -0.4 is 0 Å². The highest BCUT2D eigenvalue weighted by molar-refractivity contribution is 9.12. The van der Waals surface area contributed by atoms with Gasteiger partial charge in [-0.15, -0.1) is 0 Å². The predicted octanol–water partition coefficient (Wildman–Crippen LogP) is 3.62. The Kier molecular flexibility index (Phi) is 1.86. The van der Waals surface area contributed by atoms with Crippen molar-refractivity contribution in [3.63, 3.8) is 0 Å². The molecule has 56 valence electrons. The van der Waals surface area contributed by atoms with Gasteiger partial charge in [0.25, 0.3) is 0 Å². The van der Waals surface area contributed by atoms with E-state index >= 15 is 0 Å². The summed E-state index contributed by atoms with van der Waals surface area (Å²) >= 11 is 3.62. The van der Waals surface area contributed by atoms with Gasteiger partial charge in [-0.25, -0.2) is 0 Å². The summed E-state index contributed by atoms with van der Waals surface area (Å²) in [4.78, 5) is 0. The second-order valence-electron chi connectivity index (χ2n) is 3.38. The van der Waals surface area contributed by atoms with Crippen LogP contribution in [0.3, 0.4) is 0 Å². The molecule has 0 aromatic rings. The molecule has 0 aromatic heterocycles. The number of fused-ring (bicyclic) bond motifs is 1. The van der Waals surface area contributed by atoms with Crippen LogP contribution in [0, 0.1) is 5.92 Å². The maximum atomic E-state index is 3.62. The molecular formula is C9H13Br. The van der Waals surface area contributed by atoms with Gasteiger partial charge in [0.1, 0.15) is 0 Å². The molecule has 0 nitrogen and oxygen atoms in total. The third-order valence-corrected chi connectivity index (χ3v) is 3.70. The molecular weight excluding hydrogens is 188 g/mol. The molecule has 0 saturated heterocycles. The molecule has 0 amide bonds. The maximum Gasteiger partial charge on any atom is 0.0125 e. The van der Waals surface area contributed by atoms with E-state index in [-0.39, 0.29) is 0 Å². The SMILES string of the molecule is BrC1=C2CCCCCCC12. The monoisotopic (exact) mass is 200 g/mol. The van der Waals surface area contributed by atoms with Crippen molar-refractivity contribution >= 4 is 15.9 Å². The number of hydrogen-bond donors (Lipinski definition) is 0. The molecule has 2 aliphatic rings. The van der Waals surface area contributed by atoms with Crippen molar-refractivity contribution in [1.82, 2.24) is 0 Å². The van der Waals surface area contributed by atoms with Crippen molar-refractivity contribution in [1.29, 1.82) is 0 Å². The van der Waals surface area contributed by atoms with Gasteiger partial charge in [0.2, 0.25) is 0 Å². The van der Waals surface area contributed by atoms with E-state index < -0.39 is 0 Å². The van der Waals surface area contributed by atoms with Crippen LogP contribution in [0.15, 0.2) is 10.1 Å². The molecule has 1 heteroatoms. The zero-order valence-corrected chi connectivity index (χ0v) is 7.78. The zero-order chi connectivity index (χ0) is 6.97. The summed E-state index contributed by atoms with van der Waals surface area (Å²) in [6.45, 7) is 0. The van der Waals surface area contributed by atoms with Crippen LogP contribution in [0.2, 0.25) is 0 Å². The number of hydrogen-bond acceptors (Lipinski definition) is 0. The zero-order valence-electron chi connectivity index (χ0n) is 6.20. The van der Waals surface area contributed by atoms with E-state index in [1.165, 1.54) is 38.5 Å². The first kappa shape index (κ1) is 6.90. The molecule has 10 heavy (non-hydrogen) atoms. The Labute approximate surface area is 70.8 Å². The van der Waals surface area contributed by atoms with Gasteiger partial charge in [0, 0.05) is 10.4 Å². The predicted molar refractivity (Wildman–Crippen MR) is 47.1 cm³/mol. The fourth-order valence-corrected chi connectivity index (χ4v) is 2.76. The second-order valence-corrected chi connectivity index (χ2v) is 4.23. The highest BCUT2D eigenvalue weighted by Gasteiger charge is 2.33. The topological polar surface area (TPSA) is 0 Å². The van der Waals surface area contributed by atoms with Crippen molar-refractivity contribution in [3.05, 3.63) is 10.1 Å². The van der Waals surface area contributed by atoms with E-state index in [1.807, 2.05) is 0 Å². The first-order valence-electron chi connectivity index (χ1n) is 4.28. The molecule has 0 spiro atoms. The van der Waals surface area contributed by atoms with Crippen molar-refractivity contribution < 1.29 is 0 Å². The Hall–Kier alpha value is 0.220. The maximum absolute atomic E-state index is 3.62. The average Bonchev–Trinajstić information content (AvgIpc) is 2.39. The smallest absolute Gasteiger partial charge is 0.0125 e. The van der Waals surface area contributed by atoms with Crippen molar-refractivity contribution in [2.45, 2.75) is 38.5 Å². The fourth-order valence-electron chi connectivity index (χ4n) is 1.90. The summed E-state index contributed by atoms with van der Waals surface area (Å²) < 4.78 is 1.55. The van der Waals surface area contributed by atoms with E-state index in [4.69, 9.17) is 0 Å². The minimum atomic E-state index is 0.903. The van der Waals surface area contributed by atoms with Gasteiger partial charge in [-0.05, 0) is 19.3 Å². The van der Waals surface area contributed by atoms with Gasteiger partial charge in [-0.3, -0.25) is 0 Å². The molecule has 0 heterocycles. The third kappa shape index (κ3) is 1.16. The molecule has 1 atom stereocenters. The van der Waals surface area contributed by atoms with Crippen molar-refractivity contribution in [2.75, 3.05) is 0 Å². The fraction of sp³-hybridized carbons (Fsp3) is 0.778. The van der Waals surface area contributed by atoms with E-state index in [0.717, 1.165) is 5.92 Å². The molecule has 1 unspecified atom stereocenters. The lowest BCUT2D eigenvalue weighted by Gasteiger charge is -2.05. The highest BCUT2D eigenvalue weighted by atomic mass is 79.9. The first-order chi connectivity index (χ1) is 4.89. The number of halogens is 1. The minimum Gasteiger partial charge on any atom is -0.0550 e. The first-order valence-corrected chi connectivity index (χ1v) is 5.07. The lowest BCUT2D eigenvalue weighted by atomic mass is 10.0. The summed E-state index contributed by atoms with van der Waals surface area (Å²) in [5, 5.41) is 0. The van der Waals surface area contributed by atoms with Gasteiger partial charge < -0.3 is 0 Å². The summed E-state index contributed by atoms with van der Waals surface area (Å²) in [7, 11) is 0. The van der Waals surface area contributed by atoms with E-state index in [9.17, 15) is 0 Å². The molecule has 1 saturated carbocycles. The average molecular weight is 201 g/mol. The lowest BCUT2D eigenvalue weighted by Crippen LogP contribution is -1.89. The number of allylic oxidation sites excluding steroid dienone is 2. The molecule has 0 N–H and O–H groups in total. The van der Waals surface area contributed by atoms with Crippen LogP contribution in [0.4, 0.5) is 0 Å². The van der Waals surface area contributed by atoms with Gasteiger partial charge in [-0.2, -0.15) is 0 Å². The minimum absolute atomic E-state index is 0.903. The van der Waals surface area contributed by atoms with E-state index in [2.05, 4.69) is 15.9 Å². The van der Waals surface area contributed by atoms with E-state index in [0.29, 0.717) is 0 Å². The Morgan fingerprint density at radius 1 is 1.10 bits per heavy atom. The Morgan fingerprint density at radius 2 is 1.90 bits per heavy atom. The Bertz CT molecular complexity index is 170. The van der Waals surface area contributed by atoms with Gasteiger partial charge in [0.15, 0.2) is 0 Å². The van der Waals surface area contributed by atoms with Crippen LogP contribution in [0.25, 0.3) is 0 Å². The molecule has 0 aliphatic heterocycles. The lowest BCUT2D eigenvalue weighted by molar-refractivity contribution is 0.558. The Balaban J connectivity index is 1.93. The largest absolute Gasteiger partial charge is 0.0550 e. The highest BCUT2D eigenvalue weighted by Crippen LogP contribution is 2.50. The third-order valence-electron chi connectivity index (χ3n) is 2.64. The molecule has 2 aliphatic carbocycles. The summed E-state index contributed by atoms with van der Waals surface area (Å²) in [5.74, 6) is 0.903. The molecule has 2 rings (SSSR count). The molecule has 0 aromatic carbocycles. The van der Waals surface area contributed by atoms with Crippen LogP contribution in [0.5, 0.6) is 0 Å². The van der Waals surface area contributed by atoms with Crippen LogP contribution in [-0.4, -0.2) is 0 Å². The molecule has 0 radical (unpaired) electrons. The quantitative estimate of drug-likeness (QED) is 0.561. The number of rotatable bonds is 0. The van der Waals surface area contributed by atoms with Crippen LogP contribution >= 0.6 is 15.9 Å². The van der Waals surface area contributed by atoms with E-state index in [1.54, 1.807) is 10.1 Å². The second kappa shape index (κ2) is 2.69. The summed E-state index contributed by atoms with van der Waals surface area (Å²) in [6.07, 6.45) is 8.60. The van der Waals surface area contributed by atoms with Gasteiger partial charge in [0.05, 0.1) is 0 Å². The summed E-state index contributed by atoms with van der Waals surface area (Å²) in [6, 6.07) is 0. The van der Waals surface area contributed by atoms with Crippen LogP contribution in [0.1, 0.15) is 38.5 Å². The molecule has 0 bridgehead atoms. The van der Waals surface area contributed by atoms with Crippen LogP contribution in [-0.2, 0) is 0 Å². The normalized spacial score (nSPS) is 32.7. The van der Waals surface area contributed by atoms with Gasteiger partial charge in [-0.1, -0.05) is 40.8 Å². The van der Waals surface area contributed by atoms with Gasteiger partial charge >= 0.3 is 0 Å². The Morgan fingerprint density at radius 3 is 2.80 bits per heavy atom. The summed E-state index contributed by atoms with van der Waals surface area (Å²) in [5.41, 5.74) is 1.74. The molecule has 1 fully saturated rings. The van der Waals surface area contributed by atoms with Crippen molar-refractivity contribution in [3.8, 4) is 0 Å². The van der Waals surface area contributed by atoms with Crippen molar-refractivity contribution in [2.24, 2.45) is 5.92 Å². The standard InChI is InChI=1S/C9H13Br/c10-9-7-5-3-1-2-4-6-8(7)9/h7H,1-6H2.